The predicted molar refractivity (Wildman–Crippen MR) is 75.4 cm³/mol. The fourth-order valence-electron chi connectivity index (χ4n) is 2.23. The third-order valence-electron chi connectivity index (χ3n) is 3.46. The molecule has 0 spiro atoms. The van der Waals surface area contributed by atoms with Crippen LogP contribution in [0.4, 0.5) is 0 Å². The quantitative estimate of drug-likeness (QED) is 0.880. The number of rotatable bonds is 5. The molecule has 0 bridgehead atoms. The van der Waals surface area contributed by atoms with Crippen molar-refractivity contribution in [2.24, 2.45) is 5.73 Å². The highest BCUT2D eigenvalue weighted by atomic mass is 32.1. The van der Waals surface area contributed by atoms with Crippen molar-refractivity contribution in [2.45, 2.75) is 37.6 Å². The van der Waals surface area contributed by atoms with Crippen molar-refractivity contribution < 1.29 is 9.90 Å². The van der Waals surface area contributed by atoms with Gasteiger partial charge in [-0.1, -0.05) is 12.1 Å². The number of carbonyl (C=O) groups is 1. The molecule has 1 aromatic heterocycles. The molecule has 0 radical (unpaired) electrons. The summed E-state index contributed by atoms with van der Waals surface area (Å²) in [6.07, 6.45) is 3.02. The molecule has 1 aliphatic rings. The molecular weight excluding hydrogens is 260 g/mol. The summed E-state index contributed by atoms with van der Waals surface area (Å²) in [5, 5.41) is 9.94. The van der Waals surface area contributed by atoms with E-state index in [1.807, 2.05) is 12.1 Å². The summed E-state index contributed by atoms with van der Waals surface area (Å²) in [5.41, 5.74) is 8.05. The summed E-state index contributed by atoms with van der Waals surface area (Å²) < 4.78 is 1.16. The van der Waals surface area contributed by atoms with Crippen LogP contribution in [0.15, 0.2) is 18.2 Å². The van der Waals surface area contributed by atoms with E-state index in [2.05, 4.69) is 6.07 Å². The van der Waals surface area contributed by atoms with Gasteiger partial charge in [-0.3, -0.25) is 4.79 Å². The number of nitrogens with two attached hydrogens (primary N) is 1. The number of hydrogen-bond donors (Lipinski definition) is 2. The lowest BCUT2D eigenvalue weighted by Gasteiger charge is -2.11. The molecule has 1 unspecified atom stereocenters. The highest BCUT2D eigenvalue weighted by Gasteiger charge is 2.27. The van der Waals surface area contributed by atoms with Crippen LogP contribution in [0.5, 0.6) is 0 Å². The molecule has 2 aromatic rings. The summed E-state index contributed by atoms with van der Waals surface area (Å²) in [4.78, 5) is 15.3. The van der Waals surface area contributed by atoms with Crippen LogP contribution in [0, 0.1) is 0 Å². The van der Waals surface area contributed by atoms with E-state index in [1.54, 1.807) is 11.3 Å². The smallest absolute Gasteiger partial charge is 0.303 e. The lowest BCUT2D eigenvalue weighted by atomic mass is 10.0. The van der Waals surface area contributed by atoms with E-state index in [-0.39, 0.29) is 12.5 Å². The second-order valence-corrected chi connectivity index (χ2v) is 6.12. The van der Waals surface area contributed by atoms with E-state index < -0.39 is 5.97 Å². The Bertz CT molecular complexity index is 619. The van der Waals surface area contributed by atoms with Gasteiger partial charge >= 0.3 is 5.97 Å². The molecule has 1 aliphatic carbocycles. The van der Waals surface area contributed by atoms with Gasteiger partial charge < -0.3 is 10.8 Å². The van der Waals surface area contributed by atoms with E-state index in [9.17, 15) is 4.79 Å². The number of aliphatic carboxylic acids is 1. The summed E-state index contributed by atoms with van der Waals surface area (Å²) in [6.45, 7) is 0. The Hall–Kier alpha value is -1.46. The van der Waals surface area contributed by atoms with Crippen molar-refractivity contribution in [3.8, 4) is 0 Å². The van der Waals surface area contributed by atoms with Crippen LogP contribution in [0.25, 0.3) is 10.2 Å². The summed E-state index contributed by atoms with van der Waals surface area (Å²) >= 11 is 1.74. The standard InChI is InChI=1S/C14H16N2O2S/c15-10(6-7-12(17)18)9-2-1-3-11-13(9)16-14(19-11)8-4-5-8/h1-3,8,10H,4-7,15H2,(H,17,18). The molecule has 4 nitrogen and oxygen atoms in total. The number of fused-ring (bicyclic) bond motifs is 1. The molecule has 1 aromatic carbocycles. The van der Waals surface area contributed by atoms with Gasteiger partial charge in [-0.25, -0.2) is 4.98 Å². The minimum atomic E-state index is -0.806. The molecule has 3 rings (SSSR count). The number of thiazole rings is 1. The van der Waals surface area contributed by atoms with Gasteiger partial charge in [0.1, 0.15) is 0 Å². The largest absolute Gasteiger partial charge is 0.481 e. The van der Waals surface area contributed by atoms with Crippen molar-refractivity contribution in [3.63, 3.8) is 0 Å². The number of aromatic nitrogens is 1. The Labute approximate surface area is 115 Å². The van der Waals surface area contributed by atoms with Gasteiger partial charge in [0.2, 0.25) is 0 Å². The topological polar surface area (TPSA) is 76.2 Å². The summed E-state index contributed by atoms with van der Waals surface area (Å²) in [6, 6.07) is 5.75. The molecule has 0 saturated heterocycles. The average Bonchev–Trinajstić information content (AvgIpc) is 3.14. The lowest BCUT2D eigenvalue weighted by molar-refractivity contribution is -0.137. The Morgan fingerprint density at radius 1 is 1.53 bits per heavy atom. The maximum Gasteiger partial charge on any atom is 0.303 e. The van der Waals surface area contributed by atoms with E-state index in [0.29, 0.717) is 12.3 Å². The number of carboxylic acid groups (broad SMARTS) is 1. The molecular formula is C14H16N2O2S. The molecule has 0 aliphatic heterocycles. The van der Waals surface area contributed by atoms with Gasteiger partial charge in [0.05, 0.1) is 15.2 Å². The molecule has 3 N–H and O–H groups in total. The predicted octanol–water partition coefficient (Wildman–Crippen LogP) is 3.04. The first-order valence-corrected chi connectivity index (χ1v) is 7.33. The normalized spacial score (nSPS) is 16.7. The number of para-hydroxylation sites is 1. The van der Waals surface area contributed by atoms with Gasteiger partial charge in [0, 0.05) is 18.4 Å². The van der Waals surface area contributed by atoms with Crippen molar-refractivity contribution in [2.75, 3.05) is 0 Å². The molecule has 1 heterocycles. The third-order valence-corrected chi connectivity index (χ3v) is 4.65. The zero-order chi connectivity index (χ0) is 13.4. The maximum atomic E-state index is 10.6. The van der Waals surface area contributed by atoms with Crippen LogP contribution >= 0.6 is 11.3 Å². The average molecular weight is 276 g/mol. The fourth-order valence-corrected chi connectivity index (χ4v) is 3.40. The number of nitrogens with zero attached hydrogens (tertiary/aromatic N) is 1. The van der Waals surface area contributed by atoms with Crippen molar-refractivity contribution >= 4 is 27.5 Å². The molecule has 0 amide bonds. The zero-order valence-corrected chi connectivity index (χ0v) is 11.3. The Kier molecular flexibility index (Phi) is 3.24. The summed E-state index contributed by atoms with van der Waals surface area (Å²) in [7, 11) is 0. The highest BCUT2D eigenvalue weighted by molar-refractivity contribution is 7.18. The number of hydrogen-bond acceptors (Lipinski definition) is 4. The van der Waals surface area contributed by atoms with Crippen molar-refractivity contribution in [1.29, 1.82) is 0 Å². The van der Waals surface area contributed by atoms with Crippen LogP contribution in [0.1, 0.15) is 48.2 Å². The Balaban J connectivity index is 1.91. The minimum absolute atomic E-state index is 0.0944. The van der Waals surface area contributed by atoms with Gasteiger partial charge in [0.25, 0.3) is 0 Å². The molecule has 100 valence electrons. The Morgan fingerprint density at radius 2 is 2.32 bits per heavy atom. The summed E-state index contributed by atoms with van der Waals surface area (Å²) in [5.74, 6) is -0.167. The van der Waals surface area contributed by atoms with Gasteiger partial charge in [-0.15, -0.1) is 11.3 Å². The monoisotopic (exact) mass is 276 g/mol. The molecule has 5 heteroatoms. The zero-order valence-electron chi connectivity index (χ0n) is 10.5. The highest BCUT2D eigenvalue weighted by Crippen LogP contribution is 2.44. The van der Waals surface area contributed by atoms with Gasteiger partial charge in [0.15, 0.2) is 0 Å². The van der Waals surface area contributed by atoms with Crippen molar-refractivity contribution in [1.82, 2.24) is 4.98 Å². The molecule has 1 fully saturated rings. The van der Waals surface area contributed by atoms with Gasteiger partial charge in [-0.05, 0) is 30.9 Å². The van der Waals surface area contributed by atoms with Gasteiger partial charge in [-0.2, -0.15) is 0 Å². The molecule has 1 atom stereocenters. The van der Waals surface area contributed by atoms with Crippen LogP contribution in [-0.4, -0.2) is 16.1 Å². The first kappa shape index (κ1) is 12.6. The van der Waals surface area contributed by atoms with Crippen molar-refractivity contribution in [3.05, 3.63) is 28.8 Å². The van der Waals surface area contributed by atoms with Crippen LogP contribution in [0.2, 0.25) is 0 Å². The molecule has 19 heavy (non-hydrogen) atoms. The van der Waals surface area contributed by atoms with E-state index >= 15 is 0 Å². The fraction of sp³-hybridized carbons (Fsp3) is 0.429. The molecule has 1 saturated carbocycles. The maximum absolute atomic E-state index is 10.6. The van der Waals surface area contributed by atoms with Crippen LogP contribution in [0.3, 0.4) is 0 Å². The van der Waals surface area contributed by atoms with Crippen LogP contribution in [-0.2, 0) is 4.79 Å². The number of carboxylic acids is 1. The van der Waals surface area contributed by atoms with E-state index in [0.717, 1.165) is 15.8 Å². The van der Waals surface area contributed by atoms with E-state index in [1.165, 1.54) is 17.8 Å². The first-order valence-electron chi connectivity index (χ1n) is 6.52. The van der Waals surface area contributed by atoms with Crippen LogP contribution < -0.4 is 5.73 Å². The second kappa shape index (κ2) is 4.90. The Morgan fingerprint density at radius 3 is 3.00 bits per heavy atom. The first-order chi connectivity index (χ1) is 9.15. The SMILES string of the molecule is NC(CCC(=O)O)c1cccc2sc(C3CC3)nc12. The number of benzene rings is 1. The van der Waals surface area contributed by atoms with E-state index in [4.69, 9.17) is 15.8 Å². The lowest BCUT2D eigenvalue weighted by Crippen LogP contribution is -2.12. The second-order valence-electron chi connectivity index (χ2n) is 5.06. The third kappa shape index (κ3) is 2.62. The minimum Gasteiger partial charge on any atom is -0.481 e.